The number of sulfonamides is 1. The van der Waals surface area contributed by atoms with Gasteiger partial charge < -0.3 is 5.73 Å². The third kappa shape index (κ3) is 3.23. The molecule has 2 rings (SSSR count). The molecule has 0 saturated carbocycles. The lowest BCUT2D eigenvalue weighted by Crippen LogP contribution is -2.14. The molecule has 0 aromatic heterocycles. The van der Waals surface area contributed by atoms with Gasteiger partial charge in [0.1, 0.15) is 5.82 Å². The first-order valence-corrected chi connectivity index (χ1v) is 7.98. The number of benzene rings is 2. The van der Waals surface area contributed by atoms with E-state index in [-0.39, 0.29) is 16.3 Å². The van der Waals surface area contributed by atoms with Gasteiger partial charge in [-0.1, -0.05) is 11.6 Å². The summed E-state index contributed by atoms with van der Waals surface area (Å²) in [6.45, 7) is 0. The Morgan fingerprint density at radius 2 is 1.90 bits per heavy atom. The monoisotopic (exact) mass is 378 g/mol. The molecule has 0 radical (unpaired) electrons. The van der Waals surface area contributed by atoms with Crippen LogP contribution in [0.2, 0.25) is 5.02 Å². The molecule has 0 unspecified atom stereocenters. The molecule has 2 aromatic carbocycles. The maximum absolute atomic E-state index is 13.1. The predicted molar refractivity (Wildman–Crippen MR) is 80.8 cm³/mol. The SMILES string of the molecule is Nc1ccc(F)cc1NS(=O)(=O)c1ccc(Cl)c(Br)c1. The number of nitrogen functional groups attached to an aromatic ring is 1. The lowest BCUT2D eigenvalue weighted by molar-refractivity contribution is 0.601. The van der Waals surface area contributed by atoms with Crippen molar-refractivity contribution in [2.75, 3.05) is 10.5 Å². The van der Waals surface area contributed by atoms with Crippen LogP contribution in [0.1, 0.15) is 0 Å². The summed E-state index contributed by atoms with van der Waals surface area (Å²) < 4.78 is 40.2. The van der Waals surface area contributed by atoms with Crippen LogP contribution in [0.5, 0.6) is 0 Å². The first kappa shape index (κ1) is 15.1. The molecule has 2 aromatic rings. The van der Waals surface area contributed by atoms with E-state index in [0.29, 0.717) is 9.50 Å². The summed E-state index contributed by atoms with van der Waals surface area (Å²) in [7, 11) is -3.88. The number of nitrogens with two attached hydrogens (primary N) is 1. The minimum atomic E-state index is -3.88. The zero-order chi connectivity index (χ0) is 14.9. The molecular weight excluding hydrogens is 371 g/mol. The summed E-state index contributed by atoms with van der Waals surface area (Å²) in [5, 5.41) is 0.384. The third-order valence-electron chi connectivity index (χ3n) is 2.46. The molecule has 20 heavy (non-hydrogen) atoms. The van der Waals surface area contributed by atoms with E-state index in [1.54, 1.807) is 0 Å². The Kier molecular flexibility index (Phi) is 4.22. The predicted octanol–water partition coefficient (Wildman–Crippen LogP) is 3.62. The molecule has 0 spiro atoms. The number of anilines is 2. The zero-order valence-corrected chi connectivity index (χ0v) is 13.1. The normalized spacial score (nSPS) is 11.3. The highest BCUT2D eigenvalue weighted by Gasteiger charge is 2.17. The van der Waals surface area contributed by atoms with E-state index in [2.05, 4.69) is 20.7 Å². The Hall–Kier alpha value is -1.31. The van der Waals surface area contributed by atoms with Crippen molar-refractivity contribution >= 4 is 48.9 Å². The lowest BCUT2D eigenvalue weighted by Gasteiger charge is -2.11. The molecule has 0 aliphatic rings. The second kappa shape index (κ2) is 5.59. The summed E-state index contributed by atoms with van der Waals surface area (Å²) in [6, 6.07) is 7.56. The van der Waals surface area contributed by atoms with Crippen molar-refractivity contribution in [3.8, 4) is 0 Å². The van der Waals surface area contributed by atoms with Crippen molar-refractivity contribution in [1.82, 2.24) is 0 Å². The largest absolute Gasteiger partial charge is 0.397 e. The molecule has 4 nitrogen and oxygen atoms in total. The van der Waals surface area contributed by atoms with E-state index in [4.69, 9.17) is 17.3 Å². The van der Waals surface area contributed by atoms with Crippen LogP contribution >= 0.6 is 27.5 Å². The lowest BCUT2D eigenvalue weighted by atomic mass is 10.3. The van der Waals surface area contributed by atoms with Crippen LogP contribution in [-0.4, -0.2) is 8.42 Å². The number of halogens is 3. The summed E-state index contributed by atoms with van der Waals surface area (Å²) in [4.78, 5) is -0.0163. The fraction of sp³-hybridized carbons (Fsp3) is 0. The Balaban J connectivity index is 2.40. The van der Waals surface area contributed by atoms with Crippen LogP contribution in [0.25, 0.3) is 0 Å². The Bertz CT molecular complexity index is 768. The van der Waals surface area contributed by atoms with E-state index in [1.165, 1.54) is 24.3 Å². The highest BCUT2D eigenvalue weighted by Crippen LogP contribution is 2.28. The summed E-state index contributed by atoms with van der Waals surface area (Å²) in [5.74, 6) is -0.589. The number of nitrogens with one attached hydrogen (secondary N) is 1. The van der Waals surface area contributed by atoms with Gasteiger partial charge in [0, 0.05) is 10.5 Å². The van der Waals surface area contributed by atoms with Gasteiger partial charge in [0.05, 0.1) is 21.3 Å². The molecule has 0 amide bonds. The van der Waals surface area contributed by atoms with Crippen LogP contribution in [0.3, 0.4) is 0 Å². The van der Waals surface area contributed by atoms with Gasteiger partial charge in [-0.05, 0) is 46.3 Å². The molecule has 106 valence electrons. The smallest absolute Gasteiger partial charge is 0.262 e. The number of rotatable bonds is 3. The molecule has 8 heteroatoms. The minimum Gasteiger partial charge on any atom is -0.397 e. The van der Waals surface area contributed by atoms with Gasteiger partial charge in [-0.15, -0.1) is 0 Å². The second-order valence-electron chi connectivity index (χ2n) is 3.91. The molecule has 0 atom stereocenters. The quantitative estimate of drug-likeness (QED) is 0.800. The van der Waals surface area contributed by atoms with E-state index in [1.807, 2.05) is 0 Å². The standard InChI is InChI=1S/C12H9BrClFN2O2S/c13-9-6-8(2-3-10(9)14)20(18,19)17-12-5-7(15)1-4-11(12)16/h1-6,17H,16H2. The van der Waals surface area contributed by atoms with Gasteiger partial charge in [-0.2, -0.15) is 0 Å². The van der Waals surface area contributed by atoms with E-state index in [9.17, 15) is 12.8 Å². The first-order chi connectivity index (χ1) is 9.29. The average Bonchev–Trinajstić information content (AvgIpc) is 2.36. The highest BCUT2D eigenvalue weighted by molar-refractivity contribution is 9.10. The summed E-state index contributed by atoms with van der Waals surface area (Å²) in [6.07, 6.45) is 0. The van der Waals surface area contributed by atoms with Crippen molar-refractivity contribution < 1.29 is 12.8 Å². The second-order valence-corrected chi connectivity index (χ2v) is 6.86. The maximum Gasteiger partial charge on any atom is 0.262 e. The van der Waals surface area contributed by atoms with Crippen LogP contribution in [-0.2, 0) is 10.0 Å². The molecular formula is C12H9BrClFN2O2S. The molecule has 0 bridgehead atoms. The third-order valence-corrected chi connectivity index (χ3v) is 5.04. The van der Waals surface area contributed by atoms with E-state index < -0.39 is 15.8 Å². The van der Waals surface area contributed by atoms with Crippen LogP contribution < -0.4 is 10.5 Å². The highest BCUT2D eigenvalue weighted by atomic mass is 79.9. The van der Waals surface area contributed by atoms with Gasteiger partial charge >= 0.3 is 0 Å². The van der Waals surface area contributed by atoms with Crippen LogP contribution in [0, 0.1) is 5.82 Å². The van der Waals surface area contributed by atoms with Crippen molar-refractivity contribution in [2.24, 2.45) is 0 Å². The van der Waals surface area contributed by atoms with Crippen molar-refractivity contribution in [3.05, 3.63) is 51.7 Å². The zero-order valence-electron chi connectivity index (χ0n) is 9.90. The van der Waals surface area contributed by atoms with Crippen molar-refractivity contribution in [3.63, 3.8) is 0 Å². The summed E-state index contributed by atoms with van der Waals surface area (Å²) >= 11 is 8.95. The van der Waals surface area contributed by atoms with Crippen molar-refractivity contribution in [2.45, 2.75) is 4.90 Å². The van der Waals surface area contributed by atoms with Crippen molar-refractivity contribution in [1.29, 1.82) is 0 Å². The Morgan fingerprint density at radius 1 is 1.20 bits per heavy atom. The van der Waals surface area contributed by atoms with Crippen LogP contribution in [0.15, 0.2) is 45.8 Å². The topological polar surface area (TPSA) is 72.2 Å². The molecule has 0 aliphatic carbocycles. The van der Waals surface area contributed by atoms with Crippen LogP contribution in [0.4, 0.5) is 15.8 Å². The van der Waals surface area contributed by atoms with Gasteiger partial charge in [0.2, 0.25) is 0 Å². The molecule has 0 heterocycles. The Labute approximate surface area is 128 Å². The van der Waals surface area contributed by atoms with Gasteiger partial charge in [-0.3, -0.25) is 4.72 Å². The molecule has 0 aliphatic heterocycles. The van der Waals surface area contributed by atoms with Gasteiger partial charge in [0.25, 0.3) is 10.0 Å². The first-order valence-electron chi connectivity index (χ1n) is 5.32. The molecule has 3 N–H and O–H groups in total. The van der Waals surface area contributed by atoms with E-state index >= 15 is 0 Å². The minimum absolute atomic E-state index is 0.0163. The maximum atomic E-state index is 13.1. The van der Waals surface area contributed by atoms with Gasteiger partial charge in [-0.25, -0.2) is 12.8 Å². The van der Waals surface area contributed by atoms with Gasteiger partial charge in [0.15, 0.2) is 0 Å². The molecule has 0 fully saturated rings. The number of hydrogen-bond acceptors (Lipinski definition) is 3. The number of hydrogen-bond donors (Lipinski definition) is 2. The average molecular weight is 380 g/mol. The Morgan fingerprint density at radius 3 is 2.55 bits per heavy atom. The summed E-state index contributed by atoms with van der Waals surface area (Å²) in [5.41, 5.74) is 5.71. The van der Waals surface area contributed by atoms with E-state index in [0.717, 1.165) is 12.1 Å². The molecule has 0 saturated heterocycles. The fourth-order valence-electron chi connectivity index (χ4n) is 1.46. The fourth-order valence-corrected chi connectivity index (χ4v) is 3.22.